The number of hydrogen-bond donors (Lipinski definition) is 2. The number of hydrogen-bond acceptors (Lipinski definition) is 6. The summed E-state index contributed by atoms with van der Waals surface area (Å²) in [7, 11) is 3.88. The van der Waals surface area contributed by atoms with Crippen LogP contribution in [0.1, 0.15) is 40.8 Å². The minimum atomic E-state index is -0.868. The van der Waals surface area contributed by atoms with Crippen LogP contribution in [0.3, 0.4) is 0 Å². The Hall–Kier alpha value is -4.59. The molecule has 1 fully saturated rings. The van der Waals surface area contributed by atoms with Crippen molar-refractivity contribution in [3.05, 3.63) is 88.0 Å². The number of anilines is 2. The Morgan fingerprint density at radius 1 is 1.05 bits per heavy atom. The minimum Gasteiger partial charge on any atom is -0.507 e. The van der Waals surface area contributed by atoms with E-state index >= 15 is 0 Å². The molecule has 198 valence electrons. The lowest BCUT2D eigenvalue weighted by Gasteiger charge is -2.24. The summed E-state index contributed by atoms with van der Waals surface area (Å²) in [5, 5.41) is 11.6. The molecule has 3 aromatic carbocycles. The molecular formula is C31H30N4O4. The first-order valence-electron chi connectivity index (χ1n) is 13.0. The number of carbonyl (C=O) groups excluding carboxylic acids is 2. The second-order valence-electron chi connectivity index (χ2n) is 10.6. The summed E-state index contributed by atoms with van der Waals surface area (Å²) in [4.78, 5) is 38.4. The molecule has 3 heterocycles. The number of nitrogens with zero attached hydrogens (tertiary/aromatic N) is 3. The first-order chi connectivity index (χ1) is 18.6. The standard InChI is InChI=1S/C31H30N4O4/c1-16-12-23-24(13-17(16)2)33-31(32-23)35-27(19-6-9-22(10-7-19)34(4)5)26(29(37)30(35)38)28(36)20-8-11-25-21(15-20)14-18(3)39-25/h6-13,15,18,27,36H,14H2,1-5H3,(H,32,33)/b28-26+. The molecule has 6 rings (SSSR count). The van der Waals surface area contributed by atoms with Crippen molar-refractivity contribution in [2.45, 2.75) is 39.3 Å². The number of imidazole rings is 1. The quantitative estimate of drug-likeness (QED) is 0.217. The van der Waals surface area contributed by atoms with Crippen molar-refractivity contribution in [1.82, 2.24) is 9.97 Å². The van der Waals surface area contributed by atoms with Crippen LogP contribution in [0.25, 0.3) is 16.8 Å². The van der Waals surface area contributed by atoms with Crippen LogP contribution < -0.4 is 14.5 Å². The monoisotopic (exact) mass is 522 g/mol. The van der Waals surface area contributed by atoms with Gasteiger partial charge in [-0.25, -0.2) is 4.98 Å². The highest BCUT2D eigenvalue weighted by atomic mass is 16.5. The van der Waals surface area contributed by atoms with Crippen LogP contribution in [0.15, 0.2) is 60.2 Å². The fraction of sp³-hybridized carbons (Fsp3) is 0.258. The molecule has 2 unspecified atom stereocenters. The van der Waals surface area contributed by atoms with Gasteiger partial charge in [0.1, 0.15) is 17.6 Å². The number of ketones is 1. The lowest BCUT2D eigenvalue weighted by molar-refractivity contribution is -0.132. The molecule has 1 amide bonds. The third-order valence-corrected chi connectivity index (χ3v) is 7.65. The van der Waals surface area contributed by atoms with E-state index in [2.05, 4.69) is 4.98 Å². The number of rotatable bonds is 4. The van der Waals surface area contributed by atoms with Crippen molar-refractivity contribution in [3.63, 3.8) is 0 Å². The largest absolute Gasteiger partial charge is 0.507 e. The van der Waals surface area contributed by atoms with E-state index in [0.717, 1.165) is 33.6 Å². The molecule has 39 heavy (non-hydrogen) atoms. The molecule has 0 spiro atoms. The highest BCUT2D eigenvalue weighted by Crippen LogP contribution is 2.43. The van der Waals surface area contributed by atoms with Gasteiger partial charge in [0.25, 0.3) is 5.78 Å². The number of aryl methyl sites for hydroxylation is 2. The zero-order chi connectivity index (χ0) is 27.6. The number of aliphatic hydroxyl groups is 1. The topological polar surface area (TPSA) is 98.8 Å². The van der Waals surface area contributed by atoms with Crippen LogP contribution in [-0.2, 0) is 16.0 Å². The van der Waals surface area contributed by atoms with E-state index in [1.54, 1.807) is 12.1 Å². The first kappa shape index (κ1) is 24.7. The summed E-state index contributed by atoms with van der Waals surface area (Å²) in [5.41, 5.74) is 6.74. The summed E-state index contributed by atoms with van der Waals surface area (Å²) in [6.45, 7) is 6.00. The SMILES string of the molecule is Cc1cc2nc(N3C(=O)C(=O)/C(=C(/O)c4ccc5c(c4)CC(C)O5)C3c3ccc(N(C)C)cc3)[nH]c2cc1C. The zero-order valence-corrected chi connectivity index (χ0v) is 22.6. The molecule has 2 atom stereocenters. The van der Waals surface area contributed by atoms with Crippen LogP contribution in [0, 0.1) is 13.8 Å². The third-order valence-electron chi connectivity index (χ3n) is 7.65. The molecule has 2 aliphatic heterocycles. The molecule has 1 saturated heterocycles. The van der Waals surface area contributed by atoms with Gasteiger partial charge in [0.05, 0.1) is 22.6 Å². The van der Waals surface area contributed by atoms with Crippen molar-refractivity contribution in [2.24, 2.45) is 0 Å². The summed E-state index contributed by atoms with van der Waals surface area (Å²) in [6, 6.07) is 16.0. The number of nitrogens with one attached hydrogen (secondary N) is 1. The van der Waals surface area contributed by atoms with E-state index in [1.165, 1.54) is 4.90 Å². The Bertz CT molecular complexity index is 1640. The van der Waals surface area contributed by atoms with E-state index in [9.17, 15) is 14.7 Å². The Labute approximate surface area is 226 Å². The smallest absolute Gasteiger partial charge is 0.302 e. The Balaban J connectivity index is 1.53. The molecule has 0 radical (unpaired) electrons. The third kappa shape index (κ3) is 4.03. The highest BCUT2D eigenvalue weighted by molar-refractivity contribution is 6.51. The van der Waals surface area contributed by atoms with E-state index < -0.39 is 17.7 Å². The van der Waals surface area contributed by atoms with Crippen LogP contribution in [0.4, 0.5) is 11.6 Å². The molecule has 0 bridgehead atoms. The summed E-state index contributed by atoms with van der Waals surface area (Å²) >= 11 is 0. The van der Waals surface area contributed by atoms with Gasteiger partial charge in [-0.05, 0) is 85.5 Å². The number of benzene rings is 3. The maximum atomic E-state index is 13.6. The average Bonchev–Trinajstić information content (AvgIpc) is 3.56. The van der Waals surface area contributed by atoms with Gasteiger partial charge in [0.2, 0.25) is 5.95 Å². The van der Waals surface area contributed by atoms with Crippen LogP contribution in [0.5, 0.6) is 5.75 Å². The molecule has 2 N–H and O–H groups in total. The molecule has 1 aromatic heterocycles. The number of carbonyl (C=O) groups is 2. The average molecular weight is 523 g/mol. The van der Waals surface area contributed by atoms with Gasteiger partial charge in [-0.15, -0.1) is 0 Å². The maximum Gasteiger partial charge on any atom is 0.302 e. The van der Waals surface area contributed by atoms with Gasteiger partial charge in [-0.3, -0.25) is 14.5 Å². The summed E-state index contributed by atoms with van der Waals surface area (Å²) in [5.74, 6) is -0.698. The molecular weight excluding hydrogens is 492 g/mol. The zero-order valence-electron chi connectivity index (χ0n) is 22.6. The predicted octanol–water partition coefficient (Wildman–Crippen LogP) is 5.20. The Kier molecular flexibility index (Phi) is 5.71. The predicted molar refractivity (Wildman–Crippen MR) is 151 cm³/mol. The molecule has 8 heteroatoms. The van der Waals surface area contributed by atoms with Gasteiger partial charge in [-0.1, -0.05) is 12.1 Å². The lowest BCUT2D eigenvalue weighted by Crippen LogP contribution is -2.30. The Morgan fingerprint density at radius 2 is 1.77 bits per heavy atom. The number of fused-ring (bicyclic) bond motifs is 2. The van der Waals surface area contributed by atoms with Crippen LogP contribution in [-0.4, -0.2) is 47.0 Å². The van der Waals surface area contributed by atoms with Crippen LogP contribution >= 0.6 is 0 Å². The molecule has 2 aliphatic rings. The van der Waals surface area contributed by atoms with Gasteiger partial charge in [-0.2, -0.15) is 0 Å². The second-order valence-corrected chi connectivity index (χ2v) is 10.6. The molecule has 4 aromatic rings. The maximum absolute atomic E-state index is 13.6. The minimum absolute atomic E-state index is 0.0253. The van der Waals surface area contributed by atoms with E-state index in [0.29, 0.717) is 23.1 Å². The van der Waals surface area contributed by atoms with Crippen molar-refractivity contribution in [1.29, 1.82) is 0 Å². The highest BCUT2D eigenvalue weighted by Gasteiger charge is 2.48. The van der Waals surface area contributed by atoms with Crippen molar-refractivity contribution < 1.29 is 19.4 Å². The lowest BCUT2D eigenvalue weighted by atomic mass is 9.94. The van der Waals surface area contributed by atoms with Gasteiger partial charge in [0.15, 0.2) is 0 Å². The van der Waals surface area contributed by atoms with Crippen molar-refractivity contribution in [2.75, 3.05) is 23.9 Å². The normalized spacial score (nSPS) is 20.0. The Morgan fingerprint density at radius 3 is 2.49 bits per heavy atom. The number of aliphatic hydroxyl groups excluding tert-OH is 1. The number of aromatic nitrogens is 2. The van der Waals surface area contributed by atoms with Gasteiger partial charge < -0.3 is 19.7 Å². The number of Topliss-reactive ketones (excluding diaryl/α,β-unsaturated/α-hetero) is 1. The number of H-pyrrole nitrogens is 1. The van der Waals surface area contributed by atoms with Gasteiger partial charge >= 0.3 is 5.91 Å². The van der Waals surface area contributed by atoms with E-state index in [1.807, 2.05) is 82.2 Å². The summed E-state index contributed by atoms with van der Waals surface area (Å²) in [6.07, 6.45) is 0.747. The van der Waals surface area contributed by atoms with E-state index in [4.69, 9.17) is 9.72 Å². The van der Waals surface area contributed by atoms with Gasteiger partial charge in [0, 0.05) is 31.8 Å². The molecule has 8 nitrogen and oxygen atoms in total. The second kappa shape index (κ2) is 9.01. The molecule has 0 aliphatic carbocycles. The fourth-order valence-corrected chi connectivity index (χ4v) is 5.42. The number of amides is 1. The van der Waals surface area contributed by atoms with E-state index in [-0.39, 0.29) is 23.4 Å². The van der Waals surface area contributed by atoms with Crippen LogP contribution in [0.2, 0.25) is 0 Å². The van der Waals surface area contributed by atoms with Crippen molar-refractivity contribution in [3.8, 4) is 5.75 Å². The number of ether oxygens (including phenoxy) is 1. The fourth-order valence-electron chi connectivity index (χ4n) is 5.42. The first-order valence-corrected chi connectivity index (χ1v) is 13.0. The molecule has 0 saturated carbocycles. The van der Waals surface area contributed by atoms with Crippen molar-refractivity contribution >= 4 is 40.1 Å². The number of aromatic amines is 1. The summed E-state index contributed by atoms with van der Waals surface area (Å²) < 4.78 is 5.80.